The molecule has 214 valence electrons. The molecule has 0 aliphatic carbocycles. The molecule has 0 bridgehead atoms. The fraction of sp³-hybridized carbons (Fsp3) is 0.536. The number of nitrogens with zero attached hydrogens (tertiary/aromatic N) is 4. The fourth-order valence-electron chi connectivity index (χ4n) is 5.06. The largest absolute Gasteiger partial charge is 0.490 e. The summed E-state index contributed by atoms with van der Waals surface area (Å²) < 4.78 is 45.3. The van der Waals surface area contributed by atoms with Crippen LogP contribution in [0.1, 0.15) is 44.2 Å². The number of alkyl halides is 3. The van der Waals surface area contributed by atoms with E-state index in [9.17, 15) is 28.1 Å². The number of benzene rings is 2. The summed E-state index contributed by atoms with van der Waals surface area (Å²) in [4.78, 5) is 29.1. The number of nitro benzene ring substituents is 1. The maximum atomic E-state index is 13.2. The zero-order valence-electron chi connectivity index (χ0n) is 21.5. The minimum absolute atomic E-state index is 0. The molecule has 2 aliphatic rings. The summed E-state index contributed by atoms with van der Waals surface area (Å²) in [6.45, 7) is 7.75. The zero-order chi connectivity index (χ0) is 27.3. The summed E-state index contributed by atoms with van der Waals surface area (Å²) in [5.41, 5.74) is 0.171. The van der Waals surface area contributed by atoms with Crippen molar-refractivity contribution in [3.63, 3.8) is 0 Å². The van der Waals surface area contributed by atoms with Gasteiger partial charge in [0.05, 0.1) is 4.92 Å². The Hall–Kier alpha value is -3.34. The number of piperidine rings is 1. The molecule has 1 amide bonds. The molecule has 2 aromatic carbocycles. The molecule has 0 spiro atoms. The minimum Gasteiger partial charge on any atom is -0.490 e. The average Bonchev–Trinajstić information content (AvgIpc) is 2.89. The van der Waals surface area contributed by atoms with E-state index >= 15 is 0 Å². The molecule has 0 saturated carbocycles. The second-order valence-electron chi connectivity index (χ2n) is 9.90. The number of piperazine rings is 1. The minimum atomic E-state index is -4.86. The number of carbonyl (C=O) groups excluding carboxylic acids is 1. The lowest BCUT2D eigenvalue weighted by Crippen LogP contribution is -2.47. The van der Waals surface area contributed by atoms with E-state index in [-0.39, 0.29) is 25.2 Å². The van der Waals surface area contributed by atoms with Crippen LogP contribution in [0.5, 0.6) is 5.75 Å². The molecule has 0 atom stereocenters. The van der Waals surface area contributed by atoms with Gasteiger partial charge in [0, 0.05) is 70.3 Å². The first-order valence-electron chi connectivity index (χ1n) is 12.9. The molecule has 8 nitrogen and oxygen atoms in total. The lowest BCUT2D eigenvalue weighted by molar-refractivity contribution is -0.388. The number of likely N-dealkylation sites (tertiary alicyclic amines) is 1. The van der Waals surface area contributed by atoms with Crippen LogP contribution in [-0.4, -0.2) is 72.5 Å². The van der Waals surface area contributed by atoms with Crippen LogP contribution in [0.3, 0.4) is 0 Å². The number of aryl methyl sites for hydroxylation is 1. The summed E-state index contributed by atoms with van der Waals surface area (Å²) in [7, 11) is 0. The van der Waals surface area contributed by atoms with Gasteiger partial charge in [0.1, 0.15) is 17.4 Å². The Bertz CT molecular complexity index is 1130. The van der Waals surface area contributed by atoms with E-state index in [1.54, 1.807) is 4.90 Å². The molecule has 2 fully saturated rings. The normalized spacial score (nSPS) is 17.0. The molecule has 4 rings (SSSR count). The second-order valence-corrected chi connectivity index (χ2v) is 9.90. The molecule has 11 heteroatoms. The predicted octanol–water partition coefficient (Wildman–Crippen LogP) is 5.53. The topological polar surface area (TPSA) is 79.2 Å². The van der Waals surface area contributed by atoms with Crippen LogP contribution in [0, 0.1) is 17.0 Å². The van der Waals surface area contributed by atoms with Gasteiger partial charge < -0.3 is 14.5 Å². The first-order valence-corrected chi connectivity index (χ1v) is 12.9. The number of rotatable bonds is 8. The van der Waals surface area contributed by atoms with Gasteiger partial charge >= 0.3 is 6.18 Å². The highest BCUT2D eigenvalue weighted by molar-refractivity contribution is 5.76. The smallest absolute Gasteiger partial charge is 0.423 e. The van der Waals surface area contributed by atoms with E-state index in [0.717, 1.165) is 45.2 Å². The van der Waals surface area contributed by atoms with Crippen molar-refractivity contribution in [2.75, 3.05) is 50.7 Å². The molecule has 2 saturated heterocycles. The number of hydrogen-bond donors (Lipinski definition) is 0. The molecule has 2 aliphatic heterocycles. The third-order valence-electron chi connectivity index (χ3n) is 7.17. The maximum absolute atomic E-state index is 13.2. The van der Waals surface area contributed by atoms with Crippen molar-refractivity contribution in [1.29, 1.82) is 0 Å². The highest BCUT2D eigenvalue weighted by atomic mass is 19.4. The van der Waals surface area contributed by atoms with Gasteiger partial charge in [-0.15, -0.1) is 0 Å². The summed E-state index contributed by atoms with van der Waals surface area (Å²) in [6.07, 6.45) is -2.99. The highest BCUT2D eigenvalue weighted by Crippen LogP contribution is 2.38. The highest BCUT2D eigenvalue weighted by Gasteiger charge is 2.39. The van der Waals surface area contributed by atoms with Gasteiger partial charge in [-0.3, -0.25) is 19.8 Å². The van der Waals surface area contributed by atoms with E-state index < -0.39 is 22.4 Å². The lowest BCUT2D eigenvalue weighted by atomic mass is 10.1. The molecule has 0 aromatic heterocycles. The number of amides is 1. The van der Waals surface area contributed by atoms with Gasteiger partial charge in [0.15, 0.2) is 0 Å². The number of nitro groups is 1. The fourth-order valence-corrected chi connectivity index (χ4v) is 5.06. The average molecular weight is 551 g/mol. The van der Waals surface area contributed by atoms with Gasteiger partial charge in [-0.2, -0.15) is 13.2 Å². The van der Waals surface area contributed by atoms with Crippen molar-refractivity contribution in [2.24, 2.45) is 0 Å². The molecule has 0 N–H and O–H groups in total. The zero-order valence-corrected chi connectivity index (χ0v) is 21.5. The number of carbonyl (C=O) groups is 1. The summed E-state index contributed by atoms with van der Waals surface area (Å²) in [6, 6.07) is 11.2. The first-order chi connectivity index (χ1) is 18.1. The molecule has 0 radical (unpaired) electrons. The number of halogens is 3. The van der Waals surface area contributed by atoms with Gasteiger partial charge in [-0.25, -0.2) is 0 Å². The van der Waals surface area contributed by atoms with Crippen LogP contribution in [0.2, 0.25) is 0 Å². The van der Waals surface area contributed by atoms with Crippen LogP contribution in [-0.2, 0) is 11.0 Å². The monoisotopic (exact) mass is 550 g/mol. The summed E-state index contributed by atoms with van der Waals surface area (Å²) in [5, 5.41) is 10.9. The van der Waals surface area contributed by atoms with Crippen LogP contribution in [0.4, 0.5) is 24.5 Å². The Morgan fingerprint density at radius 2 is 1.74 bits per heavy atom. The van der Waals surface area contributed by atoms with Crippen LogP contribution in [0.15, 0.2) is 42.5 Å². The quantitative estimate of drug-likeness (QED) is 0.318. The Labute approximate surface area is 227 Å². The van der Waals surface area contributed by atoms with E-state index in [1.807, 2.05) is 0 Å². The van der Waals surface area contributed by atoms with Crippen LogP contribution < -0.4 is 9.64 Å². The van der Waals surface area contributed by atoms with Crippen molar-refractivity contribution >= 4 is 17.3 Å². The summed E-state index contributed by atoms with van der Waals surface area (Å²) >= 11 is 0. The van der Waals surface area contributed by atoms with Gasteiger partial charge in [0.2, 0.25) is 5.91 Å². The molecule has 2 heterocycles. The third kappa shape index (κ3) is 8.08. The number of anilines is 1. The van der Waals surface area contributed by atoms with Crippen LogP contribution in [0.25, 0.3) is 0 Å². The molecule has 2 aromatic rings. The second kappa shape index (κ2) is 13.1. The molecule has 0 unspecified atom stereocenters. The van der Waals surface area contributed by atoms with E-state index in [1.165, 1.54) is 17.3 Å². The van der Waals surface area contributed by atoms with E-state index in [2.05, 4.69) is 41.0 Å². The van der Waals surface area contributed by atoms with Crippen molar-refractivity contribution in [1.82, 2.24) is 9.80 Å². The predicted molar refractivity (Wildman–Crippen MR) is 144 cm³/mol. The lowest BCUT2D eigenvalue weighted by Gasteiger charge is -2.36. The van der Waals surface area contributed by atoms with E-state index in [4.69, 9.17) is 4.74 Å². The Kier molecular flexibility index (Phi) is 10.2. The number of ether oxygens (including phenoxy) is 1. The van der Waals surface area contributed by atoms with Crippen molar-refractivity contribution < 1.29 is 27.6 Å². The van der Waals surface area contributed by atoms with Gasteiger partial charge in [-0.1, -0.05) is 19.6 Å². The molecular formula is C28H37F3N4O4. The Morgan fingerprint density at radius 3 is 2.36 bits per heavy atom. The molecule has 39 heavy (non-hydrogen) atoms. The number of hydrogen-bond acceptors (Lipinski definition) is 6. The van der Waals surface area contributed by atoms with Gasteiger partial charge in [0.25, 0.3) is 5.69 Å². The maximum Gasteiger partial charge on any atom is 0.423 e. The Balaban J connectivity index is 0.00000420. The third-order valence-corrected chi connectivity index (χ3v) is 7.17. The van der Waals surface area contributed by atoms with Crippen molar-refractivity contribution in [3.05, 3.63) is 63.7 Å². The van der Waals surface area contributed by atoms with E-state index in [0.29, 0.717) is 38.4 Å². The van der Waals surface area contributed by atoms with Crippen molar-refractivity contribution in [2.45, 2.75) is 52.3 Å². The first kappa shape index (κ1) is 30.2. The van der Waals surface area contributed by atoms with Gasteiger partial charge in [-0.05, 0) is 49.7 Å². The van der Waals surface area contributed by atoms with Crippen molar-refractivity contribution in [3.8, 4) is 5.75 Å². The standard InChI is InChI=1S/C27H33F3N4O4.CH4/c1-20-4-2-5-21(18-20)32-16-14-31(15-17-32)11-3-6-26(35)33-12-9-22(10-13-33)38-23-7-8-25(34(36)37)24(19-23)27(28,29)30;/h2,4-5,7-8,18-19,22H,3,6,9-17H2,1H3;1H4. The Morgan fingerprint density at radius 1 is 1.05 bits per heavy atom. The summed E-state index contributed by atoms with van der Waals surface area (Å²) in [5.74, 6) is 0.0201. The van der Waals surface area contributed by atoms with Crippen LogP contribution >= 0.6 is 0 Å². The SMILES string of the molecule is C.Cc1cccc(N2CCN(CCCC(=O)N3CCC(Oc4ccc([N+](=O)[O-])c(C(F)(F)F)c4)CC3)CC2)c1. The molecular weight excluding hydrogens is 513 g/mol.